The summed E-state index contributed by atoms with van der Waals surface area (Å²) in [5.74, 6) is 0. The van der Waals surface area contributed by atoms with Crippen molar-refractivity contribution in [3.8, 4) is 0 Å². The van der Waals surface area contributed by atoms with Crippen molar-refractivity contribution in [2.24, 2.45) is 0 Å². The van der Waals surface area contributed by atoms with Crippen molar-refractivity contribution in [1.29, 1.82) is 0 Å². The summed E-state index contributed by atoms with van der Waals surface area (Å²) in [6.45, 7) is 4.46. The number of hydrogen-bond donors (Lipinski definition) is 1. The Bertz CT molecular complexity index is 221. The standard InChI is InChI=1S/C11H20N2O2/c1-2-3-6-12-11(14)13-7-9-4-5-10(8-13)15-9/h9-10H,2-8H2,1H3,(H,12,14). The Labute approximate surface area is 91.0 Å². The van der Waals surface area contributed by atoms with Crippen LogP contribution in [0.25, 0.3) is 0 Å². The van der Waals surface area contributed by atoms with Crippen LogP contribution < -0.4 is 5.32 Å². The van der Waals surface area contributed by atoms with Gasteiger partial charge in [-0.2, -0.15) is 0 Å². The van der Waals surface area contributed by atoms with Gasteiger partial charge in [0.2, 0.25) is 0 Å². The van der Waals surface area contributed by atoms with Crippen molar-refractivity contribution in [3.63, 3.8) is 0 Å². The van der Waals surface area contributed by atoms with Crippen LogP contribution in [0.2, 0.25) is 0 Å². The number of urea groups is 1. The molecular weight excluding hydrogens is 192 g/mol. The average Bonchev–Trinajstić information content (AvgIpc) is 2.58. The second-order valence-corrected chi connectivity index (χ2v) is 4.45. The molecule has 0 aliphatic carbocycles. The van der Waals surface area contributed by atoms with Gasteiger partial charge < -0.3 is 15.0 Å². The van der Waals surface area contributed by atoms with E-state index in [1.165, 1.54) is 0 Å². The predicted molar refractivity (Wildman–Crippen MR) is 57.8 cm³/mol. The van der Waals surface area contributed by atoms with Crippen molar-refractivity contribution < 1.29 is 9.53 Å². The number of ether oxygens (including phenoxy) is 1. The number of nitrogens with zero attached hydrogens (tertiary/aromatic N) is 1. The maximum atomic E-state index is 11.8. The fourth-order valence-electron chi connectivity index (χ4n) is 2.26. The number of amides is 2. The maximum absolute atomic E-state index is 11.8. The number of unbranched alkanes of at least 4 members (excludes halogenated alkanes) is 1. The first-order valence-electron chi connectivity index (χ1n) is 5.98. The molecule has 0 aromatic heterocycles. The van der Waals surface area contributed by atoms with Gasteiger partial charge in [0.05, 0.1) is 12.2 Å². The summed E-state index contributed by atoms with van der Waals surface area (Å²) in [6, 6.07) is 0.0867. The van der Waals surface area contributed by atoms with E-state index in [4.69, 9.17) is 4.74 Å². The third kappa shape index (κ3) is 2.62. The number of morpholine rings is 1. The lowest BCUT2D eigenvalue weighted by molar-refractivity contribution is -0.0237. The van der Waals surface area contributed by atoms with Gasteiger partial charge >= 0.3 is 6.03 Å². The molecule has 15 heavy (non-hydrogen) atoms. The Hall–Kier alpha value is -0.770. The van der Waals surface area contributed by atoms with Gasteiger partial charge in [-0.25, -0.2) is 4.79 Å². The van der Waals surface area contributed by atoms with Crippen molar-refractivity contribution in [2.45, 2.75) is 44.8 Å². The first-order valence-corrected chi connectivity index (χ1v) is 5.98. The highest BCUT2D eigenvalue weighted by molar-refractivity contribution is 5.74. The van der Waals surface area contributed by atoms with E-state index >= 15 is 0 Å². The molecule has 0 saturated carbocycles. The summed E-state index contributed by atoms with van der Waals surface area (Å²) in [6.07, 6.45) is 4.99. The highest BCUT2D eigenvalue weighted by Gasteiger charge is 2.35. The lowest BCUT2D eigenvalue weighted by atomic mass is 10.2. The van der Waals surface area contributed by atoms with Crippen LogP contribution in [0.5, 0.6) is 0 Å². The first-order chi connectivity index (χ1) is 7.29. The van der Waals surface area contributed by atoms with Crippen LogP contribution in [0, 0.1) is 0 Å². The molecule has 2 aliphatic rings. The van der Waals surface area contributed by atoms with E-state index in [0.717, 1.165) is 45.3 Å². The largest absolute Gasteiger partial charge is 0.371 e. The summed E-state index contributed by atoms with van der Waals surface area (Å²) < 4.78 is 5.68. The minimum atomic E-state index is 0.0867. The average molecular weight is 212 g/mol. The lowest BCUT2D eigenvalue weighted by Gasteiger charge is -2.32. The summed E-state index contributed by atoms with van der Waals surface area (Å²) in [5.41, 5.74) is 0. The molecule has 2 bridgehead atoms. The van der Waals surface area contributed by atoms with Crippen molar-refractivity contribution in [1.82, 2.24) is 10.2 Å². The molecule has 2 amide bonds. The summed E-state index contributed by atoms with van der Waals surface area (Å²) in [5, 5.41) is 2.95. The molecule has 4 heteroatoms. The topological polar surface area (TPSA) is 41.6 Å². The van der Waals surface area contributed by atoms with E-state index in [-0.39, 0.29) is 6.03 Å². The van der Waals surface area contributed by atoms with Crippen molar-refractivity contribution >= 4 is 6.03 Å². The van der Waals surface area contributed by atoms with Crippen LogP contribution in [0.4, 0.5) is 4.79 Å². The monoisotopic (exact) mass is 212 g/mol. The highest BCUT2D eigenvalue weighted by Crippen LogP contribution is 2.25. The minimum Gasteiger partial charge on any atom is -0.371 e. The predicted octanol–water partition coefficient (Wildman–Crippen LogP) is 1.36. The highest BCUT2D eigenvalue weighted by atomic mass is 16.5. The van der Waals surface area contributed by atoms with Crippen molar-refractivity contribution in [2.75, 3.05) is 19.6 Å². The smallest absolute Gasteiger partial charge is 0.317 e. The number of fused-ring (bicyclic) bond motifs is 2. The molecule has 0 radical (unpaired) electrons. The van der Waals surface area contributed by atoms with Gasteiger partial charge in [0.1, 0.15) is 0 Å². The number of hydrogen-bond acceptors (Lipinski definition) is 2. The van der Waals surface area contributed by atoms with Gasteiger partial charge in [-0.1, -0.05) is 13.3 Å². The van der Waals surface area contributed by atoms with Crippen LogP contribution in [0.15, 0.2) is 0 Å². The van der Waals surface area contributed by atoms with Gasteiger partial charge in [0, 0.05) is 19.6 Å². The molecule has 0 spiro atoms. The van der Waals surface area contributed by atoms with Crippen LogP contribution in [0.3, 0.4) is 0 Å². The summed E-state index contributed by atoms with van der Waals surface area (Å²) >= 11 is 0. The zero-order valence-electron chi connectivity index (χ0n) is 9.37. The van der Waals surface area contributed by atoms with Crippen LogP contribution in [0.1, 0.15) is 32.6 Å². The molecular formula is C11H20N2O2. The third-order valence-electron chi connectivity index (χ3n) is 3.14. The van der Waals surface area contributed by atoms with Crippen LogP contribution in [-0.2, 0) is 4.74 Å². The van der Waals surface area contributed by atoms with Gasteiger partial charge in [0.25, 0.3) is 0 Å². The fourth-order valence-corrected chi connectivity index (χ4v) is 2.26. The van der Waals surface area contributed by atoms with E-state index in [2.05, 4.69) is 12.2 Å². The molecule has 2 atom stereocenters. The zero-order valence-corrected chi connectivity index (χ0v) is 9.37. The SMILES string of the molecule is CCCCNC(=O)N1CC2CCC(C1)O2. The zero-order chi connectivity index (χ0) is 10.7. The molecule has 4 nitrogen and oxygen atoms in total. The molecule has 0 aromatic rings. The van der Waals surface area contributed by atoms with Gasteiger partial charge in [-0.05, 0) is 19.3 Å². The number of rotatable bonds is 3. The van der Waals surface area contributed by atoms with E-state index in [0.29, 0.717) is 12.2 Å². The second kappa shape index (κ2) is 4.84. The summed E-state index contributed by atoms with van der Waals surface area (Å²) in [7, 11) is 0. The Morgan fingerprint density at radius 3 is 2.67 bits per heavy atom. The number of carbonyl (C=O) groups is 1. The van der Waals surface area contributed by atoms with E-state index in [1.54, 1.807) is 0 Å². The lowest BCUT2D eigenvalue weighted by Crippen LogP contribution is -2.50. The van der Waals surface area contributed by atoms with Crippen LogP contribution in [-0.4, -0.2) is 42.8 Å². The molecule has 0 aromatic carbocycles. The van der Waals surface area contributed by atoms with Gasteiger partial charge in [-0.15, -0.1) is 0 Å². The minimum absolute atomic E-state index is 0.0867. The Balaban J connectivity index is 1.76. The molecule has 2 unspecified atom stereocenters. The maximum Gasteiger partial charge on any atom is 0.317 e. The first kappa shape index (κ1) is 10.7. The second-order valence-electron chi connectivity index (χ2n) is 4.45. The Morgan fingerprint density at radius 1 is 1.40 bits per heavy atom. The Kier molecular flexibility index (Phi) is 3.46. The molecule has 2 aliphatic heterocycles. The molecule has 2 heterocycles. The van der Waals surface area contributed by atoms with Crippen molar-refractivity contribution in [3.05, 3.63) is 0 Å². The molecule has 2 rings (SSSR count). The molecule has 1 N–H and O–H groups in total. The Morgan fingerprint density at radius 2 is 2.07 bits per heavy atom. The molecule has 2 saturated heterocycles. The van der Waals surface area contributed by atoms with Crippen LogP contribution >= 0.6 is 0 Å². The fraction of sp³-hybridized carbons (Fsp3) is 0.909. The van der Waals surface area contributed by atoms with E-state index in [1.807, 2.05) is 4.90 Å². The number of carbonyl (C=O) groups excluding carboxylic acids is 1. The molecule has 2 fully saturated rings. The molecule has 86 valence electrons. The van der Waals surface area contributed by atoms with E-state index < -0.39 is 0 Å². The van der Waals surface area contributed by atoms with E-state index in [9.17, 15) is 4.79 Å². The number of nitrogens with one attached hydrogen (secondary N) is 1. The van der Waals surface area contributed by atoms with Gasteiger partial charge in [0.15, 0.2) is 0 Å². The quantitative estimate of drug-likeness (QED) is 0.718. The number of likely N-dealkylation sites (tertiary alicyclic amines) is 1. The summed E-state index contributed by atoms with van der Waals surface area (Å²) in [4.78, 5) is 13.7. The third-order valence-corrected chi connectivity index (χ3v) is 3.14. The normalized spacial score (nSPS) is 29.3. The van der Waals surface area contributed by atoms with Gasteiger partial charge in [-0.3, -0.25) is 0 Å².